The van der Waals surface area contributed by atoms with Crippen LogP contribution in [0, 0.1) is 19.7 Å². The van der Waals surface area contributed by atoms with E-state index in [9.17, 15) is 9.18 Å². The van der Waals surface area contributed by atoms with E-state index in [4.69, 9.17) is 11.6 Å². The molecule has 0 heterocycles. The highest BCUT2D eigenvalue weighted by Crippen LogP contribution is 2.26. The van der Waals surface area contributed by atoms with Gasteiger partial charge in [0.1, 0.15) is 5.82 Å². The van der Waals surface area contributed by atoms with Gasteiger partial charge in [-0.3, -0.25) is 4.79 Å². The van der Waals surface area contributed by atoms with Gasteiger partial charge >= 0.3 is 0 Å². The molecule has 4 heteroatoms. The predicted octanol–water partition coefficient (Wildman–Crippen LogP) is 5.09. The standard InChI is InChI=1S/C15H11BrClFO/c1-8-6-13(16)9(2)5-12(8)15(19)11-4-3-10(18)7-14(11)17/h3-7H,1-2H3. The molecule has 0 atom stereocenters. The van der Waals surface area contributed by atoms with Gasteiger partial charge in [0.05, 0.1) is 5.02 Å². The van der Waals surface area contributed by atoms with E-state index in [0.717, 1.165) is 21.7 Å². The minimum absolute atomic E-state index is 0.130. The van der Waals surface area contributed by atoms with Crippen LogP contribution in [0.4, 0.5) is 4.39 Å². The summed E-state index contributed by atoms with van der Waals surface area (Å²) < 4.78 is 14.0. The van der Waals surface area contributed by atoms with Crippen LogP contribution in [0.5, 0.6) is 0 Å². The smallest absolute Gasteiger partial charge is 0.194 e. The Kier molecular flexibility index (Phi) is 4.07. The second kappa shape index (κ2) is 5.43. The lowest BCUT2D eigenvalue weighted by Crippen LogP contribution is -2.05. The Balaban J connectivity index is 2.53. The normalized spacial score (nSPS) is 10.6. The molecular formula is C15H11BrClFO. The zero-order chi connectivity index (χ0) is 14.2. The van der Waals surface area contributed by atoms with Gasteiger partial charge in [-0.2, -0.15) is 0 Å². The topological polar surface area (TPSA) is 17.1 Å². The molecule has 98 valence electrons. The fourth-order valence-corrected chi connectivity index (χ4v) is 2.56. The van der Waals surface area contributed by atoms with Crippen LogP contribution < -0.4 is 0 Å². The van der Waals surface area contributed by atoms with Crippen LogP contribution >= 0.6 is 27.5 Å². The van der Waals surface area contributed by atoms with E-state index < -0.39 is 5.82 Å². The number of halogens is 3. The van der Waals surface area contributed by atoms with Gasteiger partial charge in [-0.15, -0.1) is 0 Å². The number of carbonyl (C=O) groups is 1. The number of rotatable bonds is 2. The molecule has 2 aromatic carbocycles. The van der Waals surface area contributed by atoms with Crippen molar-refractivity contribution in [2.24, 2.45) is 0 Å². The SMILES string of the molecule is Cc1cc(C(=O)c2ccc(F)cc2Cl)c(C)cc1Br. The van der Waals surface area contributed by atoms with Crippen LogP contribution in [-0.2, 0) is 0 Å². The molecule has 0 N–H and O–H groups in total. The molecule has 0 unspecified atom stereocenters. The molecule has 0 radical (unpaired) electrons. The van der Waals surface area contributed by atoms with Crippen molar-refractivity contribution in [3.8, 4) is 0 Å². The van der Waals surface area contributed by atoms with Crippen molar-refractivity contribution in [2.75, 3.05) is 0 Å². The fourth-order valence-electron chi connectivity index (χ4n) is 1.84. The summed E-state index contributed by atoms with van der Waals surface area (Å²) in [6.45, 7) is 3.77. The number of carbonyl (C=O) groups excluding carboxylic acids is 1. The zero-order valence-corrected chi connectivity index (χ0v) is 12.8. The summed E-state index contributed by atoms with van der Waals surface area (Å²) in [7, 11) is 0. The average Bonchev–Trinajstić information content (AvgIpc) is 2.33. The molecule has 19 heavy (non-hydrogen) atoms. The summed E-state index contributed by atoms with van der Waals surface area (Å²) in [6.07, 6.45) is 0. The molecule has 0 amide bonds. The molecule has 0 aliphatic carbocycles. The molecule has 0 saturated heterocycles. The van der Waals surface area contributed by atoms with Crippen LogP contribution in [0.15, 0.2) is 34.8 Å². The first-order valence-electron chi connectivity index (χ1n) is 5.66. The van der Waals surface area contributed by atoms with Crippen molar-refractivity contribution in [3.63, 3.8) is 0 Å². The predicted molar refractivity (Wildman–Crippen MR) is 78.5 cm³/mol. The summed E-state index contributed by atoms with van der Waals surface area (Å²) >= 11 is 9.35. The van der Waals surface area contributed by atoms with Crippen LogP contribution in [0.2, 0.25) is 5.02 Å². The van der Waals surface area contributed by atoms with Crippen molar-refractivity contribution in [3.05, 3.63) is 67.9 Å². The van der Waals surface area contributed by atoms with Gasteiger partial charge in [0.25, 0.3) is 0 Å². The Morgan fingerprint density at radius 1 is 1.11 bits per heavy atom. The molecule has 1 nitrogen and oxygen atoms in total. The van der Waals surface area contributed by atoms with Gasteiger partial charge < -0.3 is 0 Å². The van der Waals surface area contributed by atoms with Crippen molar-refractivity contribution in [1.29, 1.82) is 0 Å². The van der Waals surface area contributed by atoms with E-state index in [-0.39, 0.29) is 10.8 Å². The van der Waals surface area contributed by atoms with Gasteiger partial charge in [0.2, 0.25) is 0 Å². The first-order valence-corrected chi connectivity index (χ1v) is 6.83. The molecule has 0 aliphatic heterocycles. The lowest BCUT2D eigenvalue weighted by molar-refractivity contribution is 0.103. The van der Waals surface area contributed by atoms with Crippen LogP contribution in [0.1, 0.15) is 27.0 Å². The Morgan fingerprint density at radius 3 is 2.42 bits per heavy atom. The number of aryl methyl sites for hydroxylation is 2. The quantitative estimate of drug-likeness (QED) is 0.695. The van der Waals surface area contributed by atoms with E-state index in [1.807, 2.05) is 19.9 Å². The number of hydrogen-bond acceptors (Lipinski definition) is 1. The van der Waals surface area contributed by atoms with E-state index in [1.165, 1.54) is 12.1 Å². The largest absolute Gasteiger partial charge is 0.289 e. The summed E-state index contributed by atoms with van der Waals surface area (Å²) in [5.41, 5.74) is 2.71. The maximum atomic E-state index is 13.0. The highest BCUT2D eigenvalue weighted by Gasteiger charge is 2.16. The lowest BCUT2D eigenvalue weighted by Gasteiger charge is -2.09. The van der Waals surface area contributed by atoms with E-state index in [0.29, 0.717) is 11.1 Å². The molecule has 0 aromatic heterocycles. The summed E-state index contributed by atoms with van der Waals surface area (Å²) in [5, 5.41) is 0.130. The summed E-state index contributed by atoms with van der Waals surface area (Å²) in [5.74, 6) is -0.650. The summed E-state index contributed by atoms with van der Waals surface area (Å²) in [6, 6.07) is 7.49. The molecule has 2 rings (SSSR count). The molecule has 0 spiro atoms. The minimum atomic E-state index is -0.453. The van der Waals surface area contributed by atoms with Crippen LogP contribution in [-0.4, -0.2) is 5.78 Å². The number of ketones is 1. The third-order valence-corrected chi connectivity index (χ3v) is 4.09. The van der Waals surface area contributed by atoms with E-state index >= 15 is 0 Å². The second-order valence-electron chi connectivity index (χ2n) is 4.37. The molecule has 0 bridgehead atoms. The first kappa shape index (κ1) is 14.2. The summed E-state index contributed by atoms with van der Waals surface area (Å²) in [4.78, 5) is 12.4. The van der Waals surface area contributed by atoms with Crippen molar-refractivity contribution in [1.82, 2.24) is 0 Å². The number of hydrogen-bond donors (Lipinski definition) is 0. The van der Waals surface area contributed by atoms with Gasteiger partial charge in [-0.1, -0.05) is 27.5 Å². The Hall–Kier alpha value is -1.19. The van der Waals surface area contributed by atoms with E-state index in [1.54, 1.807) is 6.07 Å². The first-order chi connectivity index (χ1) is 8.90. The van der Waals surface area contributed by atoms with E-state index in [2.05, 4.69) is 15.9 Å². The maximum absolute atomic E-state index is 13.0. The molecule has 0 saturated carbocycles. The highest BCUT2D eigenvalue weighted by molar-refractivity contribution is 9.10. The minimum Gasteiger partial charge on any atom is -0.289 e. The van der Waals surface area contributed by atoms with Crippen molar-refractivity contribution >= 4 is 33.3 Å². The molecule has 0 aliphatic rings. The molecular weight excluding hydrogens is 331 g/mol. The molecule has 0 fully saturated rings. The Morgan fingerprint density at radius 2 is 1.79 bits per heavy atom. The monoisotopic (exact) mass is 340 g/mol. The number of benzene rings is 2. The Labute approximate surface area is 124 Å². The van der Waals surface area contributed by atoms with Gasteiger partial charge in [0.15, 0.2) is 5.78 Å². The van der Waals surface area contributed by atoms with Gasteiger partial charge in [0, 0.05) is 15.6 Å². The third-order valence-electron chi connectivity index (χ3n) is 2.93. The van der Waals surface area contributed by atoms with Crippen molar-refractivity contribution in [2.45, 2.75) is 13.8 Å². The highest BCUT2D eigenvalue weighted by atomic mass is 79.9. The Bertz CT molecular complexity index is 667. The zero-order valence-electron chi connectivity index (χ0n) is 10.4. The van der Waals surface area contributed by atoms with Crippen molar-refractivity contribution < 1.29 is 9.18 Å². The second-order valence-corrected chi connectivity index (χ2v) is 5.63. The molecule has 2 aromatic rings. The lowest BCUT2D eigenvalue weighted by atomic mass is 9.97. The van der Waals surface area contributed by atoms with Crippen LogP contribution in [0.25, 0.3) is 0 Å². The van der Waals surface area contributed by atoms with Gasteiger partial charge in [-0.05, 0) is 55.3 Å². The maximum Gasteiger partial charge on any atom is 0.194 e. The van der Waals surface area contributed by atoms with Crippen LogP contribution in [0.3, 0.4) is 0 Å². The fraction of sp³-hybridized carbons (Fsp3) is 0.133. The third kappa shape index (κ3) is 2.88. The average molecular weight is 342 g/mol. The van der Waals surface area contributed by atoms with Gasteiger partial charge in [-0.25, -0.2) is 4.39 Å².